The molecule has 2 nitrogen and oxygen atoms in total. The van der Waals surface area contributed by atoms with E-state index in [0.29, 0.717) is 11.6 Å². The van der Waals surface area contributed by atoms with Crippen molar-refractivity contribution in [2.24, 2.45) is 0 Å². The topological polar surface area (TPSA) is 15.3 Å². The van der Waals surface area contributed by atoms with Gasteiger partial charge >= 0.3 is 0 Å². The second kappa shape index (κ2) is 5.51. The van der Waals surface area contributed by atoms with Gasteiger partial charge in [0.15, 0.2) is 0 Å². The SMILES string of the molecule is CCNC(c1ccsc1)C1(N(C)C)CCCC1. The molecule has 17 heavy (non-hydrogen) atoms. The third kappa shape index (κ3) is 2.42. The second-order valence-electron chi connectivity index (χ2n) is 5.25. The van der Waals surface area contributed by atoms with Gasteiger partial charge in [0.05, 0.1) is 6.04 Å². The molecular weight excluding hydrogens is 228 g/mol. The molecule has 0 bridgehead atoms. The Labute approximate surface area is 109 Å². The first kappa shape index (κ1) is 13.1. The van der Waals surface area contributed by atoms with Crippen molar-refractivity contribution in [2.45, 2.75) is 44.2 Å². The lowest BCUT2D eigenvalue weighted by molar-refractivity contribution is 0.106. The van der Waals surface area contributed by atoms with Crippen LogP contribution in [0.15, 0.2) is 16.8 Å². The highest BCUT2D eigenvalue weighted by Gasteiger charge is 2.43. The summed E-state index contributed by atoms with van der Waals surface area (Å²) in [5.74, 6) is 0. The molecule has 0 radical (unpaired) electrons. The van der Waals surface area contributed by atoms with Gasteiger partial charge in [0.25, 0.3) is 0 Å². The zero-order valence-corrected chi connectivity index (χ0v) is 12.0. The molecule has 1 N–H and O–H groups in total. The molecule has 1 fully saturated rings. The smallest absolute Gasteiger partial charge is 0.0515 e. The molecule has 96 valence electrons. The van der Waals surface area contributed by atoms with E-state index in [1.807, 2.05) is 0 Å². The summed E-state index contributed by atoms with van der Waals surface area (Å²) in [4.78, 5) is 2.45. The lowest BCUT2D eigenvalue weighted by Gasteiger charge is -2.43. The summed E-state index contributed by atoms with van der Waals surface area (Å²) in [7, 11) is 4.48. The second-order valence-corrected chi connectivity index (χ2v) is 6.03. The number of likely N-dealkylation sites (N-methyl/N-ethyl adjacent to an activating group) is 2. The molecule has 1 aromatic heterocycles. The van der Waals surface area contributed by atoms with Gasteiger partial charge < -0.3 is 10.2 Å². The first-order valence-electron chi connectivity index (χ1n) is 6.63. The summed E-state index contributed by atoms with van der Waals surface area (Å²) in [6.07, 6.45) is 5.36. The van der Waals surface area contributed by atoms with E-state index < -0.39 is 0 Å². The molecule has 1 aromatic rings. The van der Waals surface area contributed by atoms with E-state index >= 15 is 0 Å². The summed E-state index contributed by atoms with van der Waals surface area (Å²) in [6.45, 7) is 3.24. The molecule has 1 unspecified atom stereocenters. The van der Waals surface area contributed by atoms with Crippen molar-refractivity contribution in [2.75, 3.05) is 20.6 Å². The first-order chi connectivity index (χ1) is 8.20. The van der Waals surface area contributed by atoms with E-state index in [2.05, 4.69) is 48.1 Å². The quantitative estimate of drug-likeness (QED) is 0.865. The summed E-state index contributed by atoms with van der Waals surface area (Å²) in [6, 6.07) is 2.76. The van der Waals surface area contributed by atoms with Gasteiger partial charge in [-0.3, -0.25) is 0 Å². The van der Waals surface area contributed by atoms with Crippen LogP contribution in [0, 0.1) is 0 Å². The van der Waals surface area contributed by atoms with E-state index in [1.165, 1.54) is 31.2 Å². The van der Waals surface area contributed by atoms with E-state index in [9.17, 15) is 0 Å². The molecule has 3 heteroatoms. The minimum absolute atomic E-state index is 0.317. The van der Waals surface area contributed by atoms with Gasteiger partial charge in [0.2, 0.25) is 0 Å². The van der Waals surface area contributed by atoms with Crippen molar-refractivity contribution in [3.05, 3.63) is 22.4 Å². The van der Waals surface area contributed by atoms with Crippen LogP contribution in [-0.4, -0.2) is 31.1 Å². The molecule has 1 heterocycles. The van der Waals surface area contributed by atoms with Crippen LogP contribution in [0.25, 0.3) is 0 Å². The zero-order chi connectivity index (χ0) is 12.3. The predicted molar refractivity (Wildman–Crippen MR) is 75.6 cm³/mol. The van der Waals surface area contributed by atoms with Crippen molar-refractivity contribution < 1.29 is 0 Å². The standard InChI is InChI=1S/C14H24N2S/c1-4-15-13(12-7-10-17-11-12)14(16(2)3)8-5-6-9-14/h7,10-11,13,15H,4-6,8-9H2,1-3H3. The summed E-state index contributed by atoms with van der Waals surface area (Å²) < 4.78 is 0. The van der Waals surface area contributed by atoms with Crippen LogP contribution in [-0.2, 0) is 0 Å². The maximum absolute atomic E-state index is 3.71. The van der Waals surface area contributed by atoms with Crippen molar-refractivity contribution in [3.8, 4) is 0 Å². The Kier molecular flexibility index (Phi) is 4.23. The average Bonchev–Trinajstić information content (AvgIpc) is 2.98. The lowest BCUT2D eigenvalue weighted by atomic mass is 9.83. The number of nitrogens with zero attached hydrogens (tertiary/aromatic N) is 1. The fraction of sp³-hybridized carbons (Fsp3) is 0.714. The molecule has 1 aliphatic rings. The van der Waals surface area contributed by atoms with E-state index in [0.717, 1.165) is 6.54 Å². The molecular formula is C14H24N2S. The Bertz CT molecular complexity index is 326. The lowest BCUT2D eigenvalue weighted by Crippen LogP contribution is -2.51. The van der Waals surface area contributed by atoms with E-state index in [1.54, 1.807) is 11.3 Å². The van der Waals surface area contributed by atoms with Crippen molar-refractivity contribution >= 4 is 11.3 Å². The number of hydrogen-bond donors (Lipinski definition) is 1. The number of rotatable bonds is 5. The molecule has 1 aliphatic carbocycles. The van der Waals surface area contributed by atoms with Gasteiger partial charge in [-0.15, -0.1) is 0 Å². The monoisotopic (exact) mass is 252 g/mol. The minimum atomic E-state index is 0.317. The molecule has 0 amide bonds. The van der Waals surface area contributed by atoms with Gasteiger partial charge in [-0.1, -0.05) is 19.8 Å². The Morgan fingerprint density at radius 2 is 2.12 bits per heavy atom. The van der Waals surface area contributed by atoms with Gasteiger partial charge in [0, 0.05) is 5.54 Å². The van der Waals surface area contributed by atoms with Crippen LogP contribution in [0.5, 0.6) is 0 Å². The fourth-order valence-corrected chi connectivity index (χ4v) is 3.93. The molecule has 0 aromatic carbocycles. The highest BCUT2D eigenvalue weighted by Crippen LogP contribution is 2.43. The third-order valence-corrected chi connectivity index (χ3v) is 4.88. The Balaban J connectivity index is 2.30. The molecule has 0 aliphatic heterocycles. The summed E-state index contributed by atoms with van der Waals surface area (Å²) >= 11 is 1.80. The van der Waals surface area contributed by atoms with Crippen molar-refractivity contribution in [1.82, 2.24) is 10.2 Å². The van der Waals surface area contributed by atoms with Crippen LogP contribution in [0.1, 0.15) is 44.2 Å². The van der Waals surface area contributed by atoms with Crippen LogP contribution in [0.2, 0.25) is 0 Å². The average molecular weight is 252 g/mol. The maximum Gasteiger partial charge on any atom is 0.0515 e. The van der Waals surface area contributed by atoms with Gasteiger partial charge in [-0.05, 0) is 55.9 Å². The molecule has 0 spiro atoms. The molecule has 2 rings (SSSR count). The van der Waals surface area contributed by atoms with Crippen molar-refractivity contribution in [1.29, 1.82) is 0 Å². The van der Waals surface area contributed by atoms with Gasteiger partial charge in [0.1, 0.15) is 0 Å². The largest absolute Gasteiger partial charge is 0.309 e. The zero-order valence-electron chi connectivity index (χ0n) is 11.2. The summed E-state index contributed by atoms with van der Waals surface area (Å²) in [5.41, 5.74) is 1.78. The number of hydrogen-bond acceptors (Lipinski definition) is 3. The number of thiophene rings is 1. The van der Waals surface area contributed by atoms with Gasteiger partial charge in [-0.2, -0.15) is 11.3 Å². The maximum atomic E-state index is 3.71. The first-order valence-corrected chi connectivity index (χ1v) is 7.58. The fourth-order valence-electron chi connectivity index (χ4n) is 3.24. The summed E-state index contributed by atoms with van der Waals surface area (Å²) in [5, 5.41) is 8.21. The predicted octanol–water partition coefficient (Wildman–Crippen LogP) is 3.27. The van der Waals surface area contributed by atoms with Crippen LogP contribution in [0.3, 0.4) is 0 Å². The number of nitrogens with one attached hydrogen (secondary N) is 1. The Hall–Kier alpha value is -0.380. The minimum Gasteiger partial charge on any atom is -0.309 e. The molecule has 1 saturated carbocycles. The van der Waals surface area contributed by atoms with E-state index in [-0.39, 0.29) is 0 Å². The molecule has 1 atom stereocenters. The van der Waals surface area contributed by atoms with Crippen LogP contribution >= 0.6 is 11.3 Å². The van der Waals surface area contributed by atoms with Crippen LogP contribution in [0.4, 0.5) is 0 Å². The Morgan fingerprint density at radius 1 is 1.41 bits per heavy atom. The normalized spacial score (nSPS) is 20.9. The van der Waals surface area contributed by atoms with E-state index in [4.69, 9.17) is 0 Å². The third-order valence-electron chi connectivity index (χ3n) is 4.18. The molecule has 0 saturated heterocycles. The van der Waals surface area contributed by atoms with Crippen LogP contribution < -0.4 is 5.32 Å². The Morgan fingerprint density at radius 3 is 2.59 bits per heavy atom. The highest BCUT2D eigenvalue weighted by molar-refractivity contribution is 7.07. The van der Waals surface area contributed by atoms with Crippen molar-refractivity contribution in [3.63, 3.8) is 0 Å². The highest BCUT2D eigenvalue weighted by atomic mass is 32.1. The van der Waals surface area contributed by atoms with Gasteiger partial charge in [-0.25, -0.2) is 0 Å².